The van der Waals surface area contributed by atoms with E-state index in [1.165, 1.54) is 11.6 Å². The summed E-state index contributed by atoms with van der Waals surface area (Å²) in [6, 6.07) is 8.63. The summed E-state index contributed by atoms with van der Waals surface area (Å²) >= 11 is 0. The largest absolute Gasteiger partial charge is 0.472 e. The first-order valence-corrected chi connectivity index (χ1v) is 9.43. The highest BCUT2D eigenvalue weighted by Gasteiger charge is 2.45. The Morgan fingerprint density at radius 1 is 1.08 bits per heavy atom. The van der Waals surface area contributed by atoms with E-state index in [1.807, 2.05) is 17.0 Å². The molecule has 2 saturated heterocycles. The lowest BCUT2D eigenvalue weighted by Crippen LogP contribution is -2.45. The molecule has 2 aliphatic rings. The zero-order valence-corrected chi connectivity index (χ0v) is 15.0. The van der Waals surface area contributed by atoms with Crippen molar-refractivity contribution in [1.29, 1.82) is 0 Å². The molecule has 4 nitrogen and oxygen atoms in total. The van der Waals surface area contributed by atoms with Crippen LogP contribution in [0.4, 0.5) is 4.39 Å². The molecule has 1 amide bonds. The molecule has 0 aliphatic carbocycles. The van der Waals surface area contributed by atoms with Gasteiger partial charge in [-0.2, -0.15) is 0 Å². The lowest BCUT2D eigenvalue weighted by molar-refractivity contribution is -0.132. The number of hydrogen-bond acceptors (Lipinski definition) is 3. The van der Waals surface area contributed by atoms with Crippen LogP contribution in [0.15, 0.2) is 47.3 Å². The Labute approximate surface area is 153 Å². The second-order valence-electron chi connectivity index (χ2n) is 7.60. The fourth-order valence-electron chi connectivity index (χ4n) is 4.50. The third-order valence-electron chi connectivity index (χ3n) is 5.90. The number of halogens is 1. The maximum atomic E-state index is 13.6. The lowest BCUT2D eigenvalue weighted by Gasteiger charge is -2.38. The van der Waals surface area contributed by atoms with E-state index >= 15 is 0 Å². The number of furan rings is 1. The molecule has 0 unspecified atom stereocenters. The van der Waals surface area contributed by atoms with Gasteiger partial charge in [-0.15, -0.1) is 0 Å². The van der Waals surface area contributed by atoms with Gasteiger partial charge in [-0.25, -0.2) is 4.39 Å². The number of amides is 1. The van der Waals surface area contributed by atoms with Crippen molar-refractivity contribution in [2.45, 2.75) is 50.7 Å². The van der Waals surface area contributed by atoms with Crippen LogP contribution in [0.5, 0.6) is 0 Å². The van der Waals surface area contributed by atoms with Crippen LogP contribution in [0.2, 0.25) is 0 Å². The van der Waals surface area contributed by atoms with Gasteiger partial charge in [0.2, 0.25) is 5.91 Å². The average molecular weight is 356 g/mol. The van der Waals surface area contributed by atoms with Crippen molar-refractivity contribution in [3.05, 3.63) is 59.8 Å². The Balaban J connectivity index is 1.47. The van der Waals surface area contributed by atoms with Gasteiger partial charge in [-0.05, 0) is 56.0 Å². The monoisotopic (exact) mass is 356 g/mol. The fourth-order valence-corrected chi connectivity index (χ4v) is 4.50. The number of rotatable bonds is 4. The Kier molecular flexibility index (Phi) is 4.81. The lowest BCUT2D eigenvalue weighted by atomic mass is 9.87. The molecule has 0 radical (unpaired) electrons. The molecule has 5 heteroatoms. The summed E-state index contributed by atoms with van der Waals surface area (Å²) in [5.74, 6) is -0.0344. The minimum atomic E-state index is -0.240. The summed E-state index contributed by atoms with van der Waals surface area (Å²) in [7, 11) is 0. The minimum absolute atomic E-state index is 0.0749. The third kappa shape index (κ3) is 3.54. The van der Waals surface area contributed by atoms with Crippen LogP contribution in [-0.4, -0.2) is 34.3 Å². The van der Waals surface area contributed by atoms with E-state index in [0.717, 1.165) is 50.9 Å². The molecule has 4 rings (SSSR count). The average Bonchev–Trinajstić information content (AvgIpc) is 3.17. The van der Waals surface area contributed by atoms with Crippen molar-refractivity contribution in [2.75, 3.05) is 13.1 Å². The SMILES string of the molecule is O=C1CC[C@]2(CCCN(Cc3ccoc3)CC2)N1Cc1cccc(F)c1. The predicted octanol–water partition coefficient (Wildman–Crippen LogP) is 3.97. The van der Waals surface area contributed by atoms with Crippen LogP contribution in [0.3, 0.4) is 0 Å². The van der Waals surface area contributed by atoms with Crippen LogP contribution in [0.25, 0.3) is 0 Å². The summed E-state index contributed by atoms with van der Waals surface area (Å²) in [4.78, 5) is 17.1. The van der Waals surface area contributed by atoms with Gasteiger partial charge in [-0.3, -0.25) is 9.69 Å². The number of carbonyl (C=O) groups excluding carboxylic acids is 1. The van der Waals surface area contributed by atoms with Crippen molar-refractivity contribution >= 4 is 5.91 Å². The molecule has 26 heavy (non-hydrogen) atoms. The molecule has 1 atom stereocenters. The van der Waals surface area contributed by atoms with Gasteiger partial charge in [0.1, 0.15) is 5.82 Å². The standard InChI is InChI=1S/C21H25FN2O2/c22-19-4-1-3-17(13-19)15-24-20(25)5-8-21(24)7-2-10-23(11-9-21)14-18-6-12-26-16-18/h1,3-4,6,12-13,16H,2,5,7-11,14-15H2/t21-/m0/s1. The van der Waals surface area contributed by atoms with Crippen molar-refractivity contribution in [2.24, 2.45) is 0 Å². The van der Waals surface area contributed by atoms with Crippen LogP contribution in [0, 0.1) is 5.82 Å². The van der Waals surface area contributed by atoms with E-state index in [9.17, 15) is 9.18 Å². The molecular formula is C21H25FN2O2. The fraction of sp³-hybridized carbons (Fsp3) is 0.476. The maximum Gasteiger partial charge on any atom is 0.223 e. The molecule has 1 spiro atoms. The molecule has 2 aliphatic heterocycles. The molecule has 2 aromatic rings. The van der Waals surface area contributed by atoms with Gasteiger partial charge >= 0.3 is 0 Å². The highest BCUT2D eigenvalue weighted by molar-refractivity contribution is 5.79. The summed E-state index contributed by atoms with van der Waals surface area (Å²) in [6.45, 7) is 3.41. The summed E-state index contributed by atoms with van der Waals surface area (Å²) in [5.41, 5.74) is 1.99. The highest BCUT2D eigenvalue weighted by Crippen LogP contribution is 2.40. The van der Waals surface area contributed by atoms with Gasteiger partial charge in [0.25, 0.3) is 0 Å². The van der Waals surface area contributed by atoms with E-state index < -0.39 is 0 Å². The molecule has 138 valence electrons. The Hall–Kier alpha value is -2.14. The molecule has 0 saturated carbocycles. The minimum Gasteiger partial charge on any atom is -0.472 e. The molecule has 3 heterocycles. The van der Waals surface area contributed by atoms with E-state index in [0.29, 0.717) is 13.0 Å². The predicted molar refractivity (Wildman–Crippen MR) is 96.8 cm³/mol. The topological polar surface area (TPSA) is 36.7 Å². The second-order valence-corrected chi connectivity index (χ2v) is 7.60. The zero-order valence-electron chi connectivity index (χ0n) is 15.0. The van der Waals surface area contributed by atoms with E-state index in [4.69, 9.17) is 4.42 Å². The Bertz CT molecular complexity index is 761. The first-order chi connectivity index (χ1) is 12.6. The maximum absolute atomic E-state index is 13.6. The normalized spacial score (nSPS) is 24.3. The first-order valence-electron chi connectivity index (χ1n) is 9.43. The number of likely N-dealkylation sites (tertiary alicyclic amines) is 2. The first kappa shape index (κ1) is 17.3. The van der Waals surface area contributed by atoms with E-state index in [-0.39, 0.29) is 17.3 Å². The van der Waals surface area contributed by atoms with E-state index in [2.05, 4.69) is 4.90 Å². The van der Waals surface area contributed by atoms with Gasteiger partial charge in [0.15, 0.2) is 0 Å². The number of benzene rings is 1. The number of carbonyl (C=O) groups is 1. The molecule has 1 aromatic heterocycles. The van der Waals surface area contributed by atoms with Crippen molar-refractivity contribution in [3.63, 3.8) is 0 Å². The number of hydrogen-bond donors (Lipinski definition) is 0. The quantitative estimate of drug-likeness (QED) is 0.832. The van der Waals surface area contributed by atoms with Gasteiger partial charge in [0.05, 0.1) is 12.5 Å². The van der Waals surface area contributed by atoms with Crippen LogP contribution >= 0.6 is 0 Å². The van der Waals surface area contributed by atoms with Gasteiger partial charge < -0.3 is 9.32 Å². The third-order valence-corrected chi connectivity index (χ3v) is 5.90. The van der Waals surface area contributed by atoms with Crippen molar-refractivity contribution in [3.8, 4) is 0 Å². The molecule has 0 bridgehead atoms. The van der Waals surface area contributed by atoms with Crippen LogP contribution in [-0.2, 0) is 17.9 Å². The van der Waals surface area contributed by atoms with Gasteiger partial charge in [0, 0.05) is 37.2 Å². The molecular weight excluding hydrogens is 331 g/mol. The molecule has 2 fully saturated rings. The summed E-state index contributed by atoms with van der Waals surface area (Å²) in [5, 5.41) is 0. The van der Waals surface area contributed by atoms with Crippen molar-refractivity contribution < 1.29 is 13.6 Å². The zero-order chi connectivity index (χ0) is 18.0. The Morgan fingerprint density at radius 2 is 2.00 bits per heavy atom. The molecule has 0 N–H and O–H groups in total. The van der Waals surface area contributed by atoms with Gasteiger partial charge in [-0.1, -0.05) is 12.1 Å². The van der Waals surface area contributed by atoms with Crippen LogP contribution < -0.4 is 0 Å². The van der Waals surface area contributed by atoms with Crippen LogP contribution in [0.1, 0.15) is 43.2 Å². The smallest absolute Gasteiger partial charge is 0.223 e. The Morgan fingerprint density at radius 3 is 2.81 bits per heavy atom. The van der Waals surface area contributed by atoms with Crippen molar-refractivity contribution in [1.82, 2.24) is 9.80 Å². The highest BCUT2D eigenvalue weighted by atomic mass is 19.1. The molecule has 1 aromatic carbocycles. The van der Waals surface area contributed by atoms with E-state index in [1.54, 1.807) is 24.7 Å². The summed E-state index contributed by atoms with van der Waals surface area (Å²) in [6.07, 6.45) is 8.12. The second kappa shape index (κ2) is 7.23. The summed E-state index contributed by atoms with van der Waals surface area (Å²) < 4.78 is 18.7. The number of nitrogens with zero attached hydrogens (tertiary/aromatic N) is 2.